The minimum atomic E-state index is -0.200. The summed E-state index contributed by atoms with van der Waals surface area (Å²) in [4.78, 5) is 14.3. The van der Waals surface area contributed by atoms with Gasteiger partial charge in [0.15, 0.2) is 17.3 Å². The zero-order valence-corrected chi connectivity index (χ0v) is 14.3. The van der Waals surface area contributed by atoms with Crippen LogP contribution in [0.4, 0.5) is 5.82 Å². The van der Waals surface area contributed by atoms with Gasteiger partial charge in [-0.3, -0.25) is 9.89 Å². The highest BCUT2D eigenvalue weighted by atomic mass is 35.5. The largest absolute Gasteiger partial charge is 0.493 e. The normalized spacial score (nSPS) is 17.1. The number of rotatable bonds is 4. The Bertz CT molecular complexity index is 762. The van der Waals surface area contributed by atoms with Crippen molar-refractivity contribution in [1.29, 1.82) is 0 Å². The number of aromatic nitrogens is 2. The molecule has 2 heterocycles. The summed E-state index contributed by atoms with van der Waals surface area (Å²) in [6, 6.07) is 5.78. The van der Waals surface area contributed by atoms with Crippen LogP contribution in [0.15, 0.2) is 18.2 Å². The van der Waals surface area contributed by atoms with E-state index < -0.39 is 0 Å². The molecular formula is C16H19ClN4O3. The van der Waals surface area contributed by atoms with Crippen molar-refractivity contribution in [2.75, 3.05) is 33.0 Å². The first-order chi connectivity index (χ1) is 11.6. The number of nitrogens with zero attached hydrogens (tertiary/aromatic N) is 2. The van der Waals surface area contributed by atoms with Crippen LogP contribution in [0.1, 0.15) is 28.4 Å². The second-order valence-corrected chi connectivity index (χ2v) is 6.00. The van der Waals surface area contributed by atoms with Gasteiger partial charge in [-0.05, 0) is 12.5 Å². The van der Waals surface area contributed by atoms with Crippen LogP contribution in [0.25, 0.3) is 0 Å². The highest BCUT2D eigenvalue weighted by Crippen LogP contribution is 2.39. The fourth-order valence-corrected chi connectivity index (χ4v) is 3.24. The zero-order valence-electron chi connectivity index (χ0n) is 13.5. The number of hydrogen-bond donors (Lipinski definition) is 2. The maximum absolute atomic E-state index is 12.6. The molecule has 0 radical (unpaired) electrons. The Kier molecular flexibility index (Phi) is 4.53. The smallest absolute Gasteiger partial charge is 0.273 e. The Morgan fingerprint density at radius 1 is 1.42 bits per heavy atom. The summed E-state index contributed by atoms with van der Waals surface area (Å²) in [5.74, 6) is 1.49. The Morgan fingerprint density at radius 2 is 2.21 bits per heavy atom. The Hall–Kier alpha value is -2.41. The van der Waals surface area contributed by atoms with Crippen molar-refractivity contribution in [3.63, 3.8) is 0 Å². The van der Waals surface area contributed by atoms with Crippen LogP contribution >= 0.6 is 11.6 Å². The number of halogens is 1. The van der Waals surface area contributed by atoms with E-state index >= 15 is 0 Å². The molecule has 7 nitrogen and oxygen atoms in total. The van der Waals surface area contributed by atoms with Crippen LogP contribution in [0.5, 0.6) is 11.5 Å². The SMILES string of the molecule is COc1cccc([C@@H]2CCN(C(=O)c3[nH]nc(N)c3Cl)C2)c1OC. The second-order valence-electron chi connectivity index (χ2n) is 5.62. The molecule has 2 aromatic rings. The molecule has 8 heteroatoms. The van der Waals surface area contributed by atoms with Gasteiger partial charge in [0, 0.05) is 24.6 Å². The van der Waals surface area contributed by atoms with E-state index in [1.165, 1.54) is 0 Å². The van der Waals surface area contributed by atoms with Gasteiger partial charge in [-0.25, -0.2) is 0 Å². The van der Waals surface area contributed by atoms with Gasteiger partial charge < -0.3 is 20.1 Å². The number of carbonyl (C=O) groups excluding carboxylic acids is 1. The number of ether oxygens (including phenoxy) is 2. The van der Waals surface area contributed by atoms with Crippen molar-refractivity contribution in [2.45, 2.75) is 12.3 Å². The lowest BCUT2D eigenvalue weighted by Crippen LogP contribution is -2.29. The Morgan fingerprint density at radius 3 is 2.83 bits per heavy atom. The molecule has 128 valence electrons. The lowest BCUT2D eigenvalue weighted by Gasteiger charge is -2.18. The number of anilines is 1. The molecule has 1 aromatic carbocycles. The maximum Gasteiger partial charge on any atom is 0.273 e. The molecule has 3 N–H and O–H groups in total. The summed E-state index contributed by atoms with van der Waals surface area (Å²) in [6.07, 6.45) is 0.830. The average molecular weight is 351 g/mol. The number of benzene rings is 1. The number of nitrogen functional groups attached to an aromatic ring is 1. The highest BCUT2D eigenvalue weighted by molar-refractivity contribution is 6.35. The molecule has 0 bridgehead atoms. The van der Waals surface area contributed by atoms with Crippen molar-refractivity contribution in [3.8, 4) is 11.5 Å². The number of hydrogen-bond acceptors (Lipinski definition) is 5. The molecule has 3 rings (SSSR count). The third-order valence-corrected chi connectivity index (χ3v) is 4.68. The number of likely N-dealkylation sites (tertiary alicyclic amines) is 1. The van der Waals surface area contributed by atoms with Gasteiger partial charge in [0.25, 0.3) is 5.91 Å². The number of aromatic amines is 1. The summed E-state index contributed by atoms with van der Waals surface area (Å²) in [7, 11) is 3.23. The molecule has 24 heavy (non-hydrogen) atoms. The van der Waals surface area contributed by atoms with E-state index in [2.05, 4.69) is 10.2 Å². The van der Waals surface area contributed by atoms with E-state index in [1.807, 2.05) is 18.2 Å². The number of nitrogens with one attached hydrogen (secondary N) is 1. The fourth-order valence-electron chi connectivity index (χ4n) is 3.07. The van der Waals surface area contributed by atoms with Gasteiger partial charge in [-0.15, -0.1) is 0 Å². The number of amides is 1. The van der Waals surface area contributed by atoms with Gasteiger partial charge in [0.05, 0.1) is 14.2 Å². The predicted octanol–water partition coefficient (Wildman–Crippen LogP) is 2.29. The van der Waals surface area contributed by atoms with Gasteiger partial charge in [0.2, 0.25) is 0 Å². The molecule has 1 aromatic heterocycles. The van der Waals surface area contributed by atoms with Crippen LogP contribution in [-0.2, 0) is 0 Å². The molecule has 1 amide bonds. The summed E-state index contributed by atoms with van der Waals surface area (Å²) in [6.45, 7) is 1.19. The van der Waals surface area contributed by atoms with E-state index in [0.717, 1.165) is 12.0 Å². The third kappa shape index (κ3) is 2.75. The first kappa shape index (κ1) is 16.4. The van der Waals surface area contributed by atoms with E-state index in [1.54, 1.807) is 19.1 Å². The molecular weight excluding hydrogens is 332 g/mol. The Labute approximate surface area is 144 Å². The third-order valence-electron chi connectivity index (χ3n) is 4.30. The van der Waals surface area contributed by atoms with Crippen molar-refractivity contribution in [2.24, 2.45) is 0 Å². The van der Waals surface area contributed by atoms with Crippen LogP contribution in [0.3, 0.4) is 0 Å². The number of H-pyrrole nitrogens is 1. The minimum absolute atomic E-state index is 0.130. The average Bonchev–Trinajstić information content (AvgIpc) is 3.21. The van der Waals surface area contributed by atoms with Crippen molar-refractivity contribution >= 4 is 23.3 Å². The van der Waals surface area contributed by atoms with Crippen molar-refractivity contribution in [3.05, 3.63) is 34.5 Å². The Balaban J connectivity index is 1.81. The summed E-state index contributed by atoms with van der Waals surface area (Å²) < 4.78 is 10.8. The lowest BCUT2D eigenvalue weighted by molar-refractivity contribution is 0.0785. The first-order valence-electron chi connectivity index (χ1n) is 7.56. The molecule has 1 atom stereocenters. The molecule has 0 saturated carbocycles. The number of para-hydroxylation sites is 1. The number of carbonyl (C=O) groups is 1. The van der Waals surface area contributed by atoms with E-state index in [9.17, 15) is 4.79 Å². The molecule has 0 unspecified atom stereocenters. The van der Waals surface area contributed by atoms with Gasteiger partial charge >= 0.3 is 0 Å². The van der Waals surface area contributed by atoms with Crippen LogP contribution < -0.4 is 15.2 Å². The molecule has 0 spiro atoms. The molecule has 1 aliphatic heterocycles. The quantitative estimate of drug-likeness (QED) is 0.882. The topological polar surface area (TPSA) is 93.5 Å². The molecule has 1 fully saturated rings. The minimum Gasteiger partial charge on any atom is -0.493 e. The van der Waals surface area contributed by atoms with Crippen LogP contribution in [-0.4, -0.2) is 48.3 Å². The summed E-state index contributed by atoms with van der Waals surface area (Å²) in [5, 5.41) is 6.54. The van der Waals surface area contributed by atoms with E-state index in [-0.39, 0.29) is 28.4 Å². The number of nitrogens with two attached hydrogens (primary N) is 1. The lowest BCUT2D eigenvalue weighted by atomic mass is 9.97. The monoisotopic (exact) mass is 350 g/mol. The molecule has 1 aliphatic rings. The zero-order chi connectivity index (χ0) is 17.3. The first-order valence-corrected chi connectivity index (χ1v) is 7.94. The van der Waals surface area contributed by atoms with Gasteiger partial charge in [-0.1, -0.05) is 23.7 Å². The fraction of sp³-hybridized carbons (Fsp3) is 0.375. The molecule has 1 saturated heterocycles. The van der Waals surface area contributed by atoms with Crippen LogP contribution in [0, 0.1) is 0 Å². The predicted molar refractivity (Wildman–Crippen MR) is 90.8 cm³/mol. The van der Waals surface area contributed by atoms with E-state index in [0.29, 0.717) is 24.6 Å². The van der Waals surface area contributed by atoms with E-state index in [4.69, 9.17) is 26.8 Å². The molecule has 0 aliphatic carbocycles. The number of methoxy groups -OCH3 is 2. The maximum atomic E-state index is 12.6. The van der Waals surface area contributed by atoms with Gasteiger partial charge in [-0.2, -0.15) is 5.10 Å². The summed E-state index contributed by atoms with van der Waals surface area (Å²) in [5.41, 5.74) is 6.85. The second kappa shape index (κ2) is 6.60. The van der Waals surface area contributed by atoms with Crippen molar-refractivity contribution < 1.29 is 14.3 Å². The highest BCUT2D eigenvalue weighted by Gasteiger charge is 2.32. The van der Waals surface area contributed by atoms with Crippen molar-refractivity contribution in [1.82, 2.24) is 15.1 Å². The summed E-state index contributed by atoms with van der Waals surface area (Å²) >= 11 is 6.02. The van der Waals surface area contributed by atoms with Crippen LogP contribution in [0.2, 0.25) is 5.02 Å². The standard InChI is InChI=1S/C16H19ClN4O3/c1-23-11-5-3-4-10(14(11)24-2)9-6-7-21(8-9)16(22)13-12(17)15(18)20-19-13/h3-5,9H,6-8H2,1-2H3,(H3,18,19,20)/t9-/m1/s1. The van der Waals surface area contributed by atoms with Gasteiger partial charge in [0.1, 0.15) is 10.7 Å².